The van der Waals surface area contributed by atoms with Crippen molar-refractivity contribution in [2.24, 2.45) is 0 Å². The number of hydrogen-bond acceptors (Lipinski definition) is 6. The van der Waals surface area contributed by atoms with Crippen molar-refractivity contribution in [3.05, 3.63) is 17.6 Å². The van der Waals surface area contributed by atoms with Gasteiger partial charge in [-0.2, -0.15) is 5.26 Å². The Kier molecular flexibility index (Phi) is 6.19. The van der Waals surface area contributed by atoms with Crippen molar-refractivity contribution in [2.45, 2.75) is 13.3 Å². The lowest BCUT2D eigenvalue weighted by Crippen LogP contribution is -2.32. The van der Waals surface area contributed by atoms with Crippen LogP contribution in [0.3, 0.4) is 0 Å². The summed E-state index contributed by atoms with van der Waals surface area (Å²) in [6.45, 7) is 4.38. The summed E-state index contributed by atoms with van der Waals surface area (Å²) < 4.78 is 0. The molecule has 0 aliphatic heterocycles. The Balaban J connectivity index is 2.71. The van der Waals surface area contributed by atoms with E-state index in [1.165, 1.54) is 0 Å². The van der Waals surface area contributed by atoms with Gasteiger partial charge in [-0.05, 0) is 7.05 Å². The van der Waals surface area contributed by atoms with Gasteiger partial charge in [-0.15, -0.1) is 0 Å². The second-order valence-electron chi connectivity index (χ2n) is 4.44. The van der Waals surface area contributed by atoms with Gasteiger partial charge in [0, 0.05) is 39.2 Å². The van der Waals surface area contributed by atoms with Crippen LogP contribution in [0.25, 0.3) is 0 Å². The van der Waals surface area contributed by atoms with Gasteiger partial charge in [0.1, 0.15) is 23.4 Å². The van der Waals surface area contributed by atoms with Crippen LogP contribution in [0.4, 0.5) is 5.82 Å². The van der Waals surface area contributed by atoms with E-state index < -0.39 is 0 Å². The number of nitriles is 1. The normalized spacial score (nSPS) is 10.5. The number of aliphatic hydroxyl groups is 1. The summed E-state index contributed by atoms with van der Waals surface area (Å²) in [7, 11) is 3.90. The van der Waals surface area contributed by atoms with Crippen molar-refractivity contribution >= 4 is 5.82 Å². The van der Waals surface area contributed by atoms with Crippen LogP contribution >= 0.6 is 0 Å². The molecule has 0 radical (unpaired) electrons. The fourth-order valence-electron chi connectivity index (χ4n) is 1.61. The van der Waals surface area contributed by atoms with Crippen LogP contribution in [0.2, 0.25) is 0 Å². The first-order valence-electron chi connectivity index (χ1n) is 6.39. The second kappa shape index (κ2) is 7.67. The topological polar surface area (TPSA) is 76.3 Å². The monoisotopic (exact) mass is 263 g/mol. The number of hydrogen-bond donors (Lipinski definition) is 1. The van der Waals surface area contributed by atoms with E-state index in [4.69, 9.17) is 10.4 Å². The Bertz CT molecular complexity index is 443. The van der Waals surface area contributed by atoms with E-state index in [-0.39, 0.29) is 6.61 Å². The molecule has 1 aromatic rings. The highest BCUT2D eigenvalue weighted by atomic mass is 16.3. The number of likely N-dealkylation sites (N-methyl/N-ethyl adjacent to an activating group) is 2. The minimum Gasteiger partial charge on any atom is -0.395 e. The predicted molar refractivity (Wildman–Crippen MR) is 74.0 cm³/mol. The lowest BCUT2D eigenvalue weighted by molar-refractivity contribution is 0.224. The van der Waals surface area contributed by atoms with Crippen molar-refractivity contribution in [1.29, 1.82) is 5.26 Å². The minimum atomic E-state index is 0.159. The lowest BCUT2D eigenvalue weighted by atomic mass is 10.3. The molecule has 0 saturated heterocycles. The van der Waals surface area contributed by atoms with Crippen LogP contribution in [0.5, 0.6) is 0 Å². The number of anilines is 1. The summed E-state index contributed by atoms with van der Waals surface area (Å²) in [6.07, 6.45) is 0.709. The average Bonchev–Trinajstić information content (AvgIpc) is 2.44. The number of rotatable bonds is 7. The van der Waals surface area contributed by atoms with Gasteiger partial charge in [0.2, 0.25) is 0 Å². The number of nitrogens with zero attached hydrogens (tertiary/aromatic N) is 5. The lowest BCUT2D eigenvalue weighted by Gasteiger charge is -2.22. The molecule has 104 valence electrons. The van der Waals surface area contributed by atoms with E-state index in [0.717, 1.165) is 18.9 Å². The molecule has 1 rings (SSSR count). The highest BCUT2D eigenvalue weighted by Crippen LogP contribution is 2.11. The number of aliphatic hydroxyl groups excluding tert-OH is 1. The standard InChI is InChI=1S/C13H21N5O/c1-4-12-15-11(10-14)9-13(16-12)18(3)6-5-17(2)7-8-19/h9,19H,4-8H2,1-3H3. The molecular weight excluding hydrogens is 242 g/mol. The third kappa shape index (κ3) is 4.81. The molecule has 6 nitrogen and oxygen atoms in total. The largest absolute Gasteiger partial charge is 0.395 e. The Morgan fingerprint density at radius 3 is 2.58 bits per heavy atom. The van der Waals surface area contributed by atoms with Gasteiger partial charge in [-0.1, -0.05) is 6.92 Å². The molecule has 0 amide bonds. The third-order valence-electron chi connectivity index (χ3n) is 2.88. The van der Waals surface area contributed by atoms with E-state index in [1.807, 2.05) is 30.8 Å². The van der Waals surface area contributed by atoms with Gasteiger partial charge in [-0.25, -0.2) is 9.97 Å². The molecule has 6 heteroatoms. The molecule has 0 bridgehead atoms. The Hall–Kier alpha value is -1.71. The van der Waals surface area contributed by atoms with Crippen molar-refractivity contribution in [3.63, 3.8) is 0 Å². The maximum atomic E-state index is 8.96. The van der Waals surface area contributed by atoms with Crippen LogP contribution in [-0.4, -0.2) is 60.3 Å². The van der Waals surface area contributed by atoms with Gasteiger partial charge in [0.15, 0.2) is 0 Å². The van der Waals surface area contributed by atoms with Gasteiger partial charge in [0.05, 0.1) is 6.61 Å². The fourth-order valence-corrected chi connectivity index (χ4v) is 1.61. The molecule has 0 aliphatic carbocycles. The van der Waals surface area contributed by atoms with E-state index in [2.05, 4.69) is 16.0 Å². The Morgan fingerprint density at radius 1 is 1.26 bits per heavy atom. The SMILES string of the molecule is CCc1nc(C#N)cc(N(C)CCN(C)CCO)n1. The third-order valence-corrected chi connectivity index (χ3v) is 2.88. The molecule has 0 fully saturated rings. The van der Waals surface area contributed by atoms with Crippen molar-refractivity contribution < 1.29 is 5.11 Å². The summed E-state index contributed by atoms with van der Waals surface area (Å²) in [6, 6.07) is 3.76. The van der Waals surface area contributed by atoms with E-state index in [0.29, 0.717) is 24.5 Å². The van der Waals surface area contributed by atoms with E-state index in [9.17, 15) is 0 Å². The molecular formula is C13H21N5O. The molecule has 0 atom stereocenters. The van der Waals surface area contributed by atoms with E-state index >= 15 is 0 Å². The van der Waals surface area contributed by atoms with Crippen LogP contribution < -0.4 is 4.90 Å². The summed E-state index contributed by atoms with van der Waals surface area (Å²) in [4.78, 5) is 12.6. The average molecular weight is 263 g/mol. The van der Waals surface area contributed by atoms with Crippen LogP contribution in [0, 0.1) is 11.3 Å². The van der Waals surface area contributed by atoms with Crippen molar-refractivity contribution in [3.8, 4) is 6.07 Å². The van der Waals surface area contributed by atoms with Gasteiger partial charge < -0.3 is 14.9 Å². The molecule has 0 aliphatic rings. The van der Waals surface area contributed by atoms with Crippen LogP contribution in [-0.2, 0) is 6.42 Å². The highest BCUT2D eigenvalue weighted by Gasteiger charge is 2.08. The number of aryl methyl sites for hydroxylation is 1. The first kappa shape index (κ1) is 15.3. The maximum Gasteiger partial charge on any atom is 0.146 e. The predicted octanol–water partition coefficient (Wildman–Crippen LogP) is 0.271. The molecule has 0 aromatic carbocycles. The van der Waals surface area contributed by atoms with Gasteiger partial charge >= 0.3 is 0 Å². The van der Waals surface area contributed by atoms with Crippen LogP contribution in [0.15, 0.2) is 6.07 Å². The first-order chi connectivity index (χ1) is 9.10. The molecule has 0 spiro atoms. The zero-order valence-corrected chi connectivity index (χ0v) is 11.8. The van der Waals surface area contributed by atoms with E-state index in [1.54, 1.807) is 6.07 Å². The van der Waals surface area contributed by atoms with Crippen molar-refractivity contribution in [2.75, 3.05) is 45.2 Å². The quantitative estimate of drug-likeness (QED) is 0.761. The van der Waals surface area contributed by atoms with Gasteiger partial charge in [0.25, 0.3) is 0 Å². The summed E-state index contributed by atoms with van der Waals surface area (Å²) in [5.74, 6) is 1.45. The smallest absolute Gasteiger partial charge is 0.146 e. The Morgan fingerprint density at radius 2 is 2.00 bits per heavy atom. The summed E-state index contributed by atoms with van der Waals surface area (Å²) in [5, 5.41) is 17.8. The Labute approximate surface area is 114 Å². The molecule has 0 unspecified atom stereocenters. The fraction of sp³-hybridized carbons (Fsp3) is 0.615. The molecule has 19 heavy (non-hydrogen) atoms. The number of aromatic nitrogens is 2. The van der Waals surface area contributed by atoms with Gasteiger partial charge in [-0.3, -0.25) is 0 Å². The maximum absolute atomic E-state index is 8.96. The highest BCUT2D eigenvalue weighted by molar-refractivity contribution is 5.42. The minimum absolute atomic E-state index is 0.159. The zero-order valence-electron chi connectivity index (χ0n) is 11.8. The summed E-state index contributed by atoms with van der Waals surface area (Å²) >= 11 is 0. The van der Waals surface area contributed by atoms with Crippen LogP contribution in [0.1, 0.15) is 18.4 Å². The molecule has 1 aromatic heterocycles. The van der Waals surface area contributed by atoms with Crippen molar-refractivity contribution in [1.82, 2.24) is 14.9 Å². The summed E-state index contributed by atoms with van der Waals surface area (Å²) in [5.41, 5.74) is 0.400. The zero-order chi connectivity index (χ0) is 14.3. The second-order valence-corrected chi connectivity index (χ2v) is 4.44. The molecule has 1 N–H and O–H groups in total. The first-order valence-corrected chi connectivity index (χ1v) is 6.39. The molecule has 1 heterocycles. The molecule has 0 saturated carbocycles.